The van der Waals surface area contributed by atoms with Crippen molar-refractivity contribution in [3.63, 3.8) is 0 Å². The molecule has 3 aromatic carbocycles. The number of carbonyl (C=O) groups is 2. The monoisotopic (exact) mass is 701 g/mol. The molecule has 2 saturated heterocycles. The first-order chi connectivity index (χ1) is 23.6. The van der Waals surface area contributed by atoms with Crippen LogP contribution in [0.25, 0.3) is 16.8 Å². The number of phenols is 1. The first-order valence-corrected chi connectivity index (χ1v) is 16.2. The molecule has 7 nitrogen and oxygen atoms in total. The van der Waals surface area contributed by atoms with Gasteiger partial charge in [-0.2, -0.15) is 26.3 Å². The van der Waals surface area contributed by atoms with E-state index < -0.39 is 72.0 Å². The molecule has 14 heteroatoms. The van der Waals surface area contributed by atoms with Crippen LogP contribution in [0.2, 0.25) is 6.32 Å². The maximum absolute atomic E-state index is 14.0. The molecule has 0 spiro atoms. The first kappa shape index (κ1) is 35.7. The highest BCUT2D eigenvalue weighted by Gasteiger charge is 2.58. The zero-order chi connectivity index (χ0) is 36.1. The van der Waals surface area contributed by atoms with E-state index in [1.54, 1.807) is 6.07 Å². The van der Waals surface area contributed by atoms with Gasteiger partial charge in [0.15, 0.2) is 0 Å². The second kappa shape index (κ2) is 13.5. The van der Waals surface area contributed by atoms with Gasteiger partial charge in [0.1, 0.15) is 5.75 Å². The summed E-state index contributed by atoms with van der Waals surface area (Å²) < 4.78 is 93.6. The molecule has 264 valence electrons. The second-order valence-corrected chi connectivity index (χ2v) is 12.9. The van der Waals surface area contributed by atoms with E-state index in [0.29, 0.717) is 52.8 Å². The Balaban J connectivity index is 1.33. The number of anilines is 1. The fraction of sp³-hybridized carbons (Fsp3) is 0.389. The molecule has 2 aliphatic heterocycles. The van der Waals surface area contributed by atoms with Gasteiger partial charge >= 0.3 is 19.5 Å². The van der Waals surface area contributed by atoms with Gasteiger partial charge in [-0.05, 0) is 84.3 Å². The number of carbonyl (C=O) groups excluding carboxylic acids is 2. The van der Waals surface area contributed by atoms with Gasteiger partial charge in [-0.15, -0.1) is 0 Å². The van der Waals surface area contributed by atoms with Crippen molar-refractivity contribution in [1.29, 1.82) is 0 Å². The van der Waals surface area contributed by atoms with E-state index in [1.165, 1.54) is 7.11 Å². The van der Waals surface area contributed by atoms with E-state index >= 15 is 0 Å². The highest BCUT2D eigenvalue weighted by atomic mass is 19.4. The van der Waals surface area contributed by atoms with Crippen LogP contribution in [-0.2, 0) is 31.3 Å². The third-order valence-corrected chi connectivity index (χ3v) is 9.93. The number of imide groups is 1. The molecule has 2 amide bonds. The predicted octanol–water partition coefficient (Wildman–Crippen LogP) is 7.80. The molecule has 0 aromatic heterocycles. The number of methoxy groups -OCH3 is 1. The fourth-order valence-electron chi connectivity index (χ4n) is 7.71. The van der Waals surface area contributed by atoms with E-state index in [1.807, 2.05) is 43.3 Å². The van der Waals surface area contributed by atoms with Crippen molar-refractivity contribution in [3.05, 3.63) is 88.0 Å². The zero-order valence-electron chi connectivity index (χ0n) is 27.1. The van der Waals surface area contributed by atoms with Crippen LogP contribution in [0, 0.1) is 17.8 Å². The lowest BCUT2D eigenvalue weighted by Crippen LogP contribution is -2.46. The largest absolute Gasteiger partial charge is 0.507 e. The molecule has 1 aliphatic carbocycles. The minimum absolute atomic E-state index is 0.0115. The average Bonchev–Trinajstić information content (AvgIpc) is 3.31. The normalized spacial score (nSPS) is 23.2. The van der Waals surface area contributed by atoms with Gasteiger partial charge in [0.05, 0.1) is 41.4 Å². The summed E-state index contributed by atoms with van der Waals surface area (Å²) in [7, 11) is 0.103. The maximum Gasteiger partial charge on any atom is 0.455 e. The second-order valence-electron chi connectivity index (χ2n) is 12.9. The van der Waals surface area contributed by atoms with Crippen LogP contribution in [0.5, 0.6) is 5.75 Å². The standard InChI is InChI=1S/C36H34BF6NO6/c1-3-19(12-20-9-10-29(45)26-7-5-4-6-25(20)26)8-11-30-31-21(18-49-2)13-27-32(28(31)17-37(48)50-30)34(47)44(33(27)46)24-15-22(35(38,39)40)14-23(16-24)36(41,42)43/h4-7,9-10,12,14-16,27-28,30,32,45,48H,3,8,11,13,17-18H2,1-2H3/b19-12+/t27-,28+,30-,32-/m1/s1. The third-order valence-electron chi connectivity index (χ3n) is 9.93. The van der Waals surface area contributed by atoms with Gasteiger partial charge in [0.25, 0.3) is 0 Å². The first-order valence-electron chi connectivity index (χ1n) is 16.2. The van der Waals surface area contributed by atoms with Crippen LogP contribution < -0.4 is 4.90 Å². The van der Waals surface area contributed by atoms with Crippen molar-refractivity contribution in [3.8, 4) is 5.75 Å². The number of amides is 2. The molecule has 2 heterocycles. The lowest BCUT2D eigenvalue weighted by molar-refractivity contribution is -0.143. The number of benzene rings is 3. The predicted molar refractivity (Wildman–Crippen MR) is 174 cm³/mol. The minimum Gasteiger partial charge on any atom is -0.507 e. The van der Waals surface area contributed by atoms with Crippen LogP contribution in [0.1, 0.15) is 49.3 Å². The Bertz CT molecular complexity index is 1860. The maximum atomic E-state index is 14.0. The van der Waals surface area contributed by atoms with E-state index in [0.717, 1.165) is 16.5 Å². The Hall–Kier alpha value is -4.14. The van der Waals surface area contributed by atoms with Crippen molar-refractivity contribution in [2.45, 2.75) is 57.4 Å². The number of fused-ring (bicyclic) bond motifs is 4. The van der Waals surface area contributed by atoms with Crippen LogP contribution in [0.3, 0.4) is 0 Å². The number of nitrogens with zero attached hydrogens (tertiary/aromatic N) is 1. The molecule has 3 aromatic rings. The number of hydrogen-bond donors (Lipinski definition) is 2. The van der Waals surface area contributed by atoms with Crippen LogP contribution in [0.15, 0.2) is 71.3 Å². The van der Waals surface area contributed by atoms with Crippen molar-refractivity contribution >= 4 is 41.5 Å². The number of alkyl halides is 6. The SMILES string of the molecule is CC/C(=C\c1ccc(O)c2ccccc12)CC[C@H]1OB(O)C[C@H]2C1=C(COC)C[C@H]1C(=O)N(c3cc(C(F)(F)F)cc(C(F)(F)F)c3)C(=O)[C@H]12. The van der Waals surface area contributed by atoms with Crippen LogP contribution >= 0.6 is 0 Å². The molecular formula is C36H34BF6NO6. The van der Waals surface area contributed by atoms with E-state index in [-0.39, 0.29) is 31.2 Å². The van der Waals surface area contributed by atoms with Crippen molar-refractivity contribution < 1.29 is 55.5 Å². The van der Waals surface area contributed by atoms with E-state index in [2.05, 4.69) is 0 Å². The number of phenolic OH excluding ortho intramolecular Hbond substituents is 1. The number of hydrogen-bond acceptors (Lipinski definition) is 6. The summed E-state index contributed by atoms with van der Waals surface area (Å²) in [5.41, 5.74) is -0.855. The summed E-state index contributed by atoms with van der Waals surface area (Å²) in [6, 6.07) is 11.6. The van der Waals surface area contributed by atoms with Gasteiger partial charge in [-0.1, -0.05) is 48.9 Å². The molecule has 50 heavy (non-hydrogen) atoms. The molecule has 0 bridgehead atoms. The summed E-state index contributed by atoms with van der Waals surface area (Å²) in [6.45, 7) is 2.04. The highest BCUT2D eigenvalue weighted by molar-refractivity contribution is 6.43. The molecule has 6 rings (SSSR count). The Morgan fingerprint density at radius 3 is 2.26 bits per heavy atom. The average molecular weight is 701 g/mol. The molecular weight excluding hydrogens is 667 g/mol. The third kappa shape index (κ3) is 6.68. The lowest BCUT2D eigenvalue weighted by Gasteiger charge is -2.43. The molecule has 2 N–H and O–H groups in total. The Labute approximate surface area is 284 Å². The number of halogens is 6. The summed E-state index contributed by atoms with van der Waals surface area (Å²) in [4.78, 5) is 28.2. The Morgan fingerprint density at radius 2 is 1.64 bits per heavy atom. The topological polar surface area (TPSA) is 96.3 Å². The number of aromatic hydroxyl groups is 1. The van der Waals surface area contributed by atoms with Crippen LogP contribution in [0.4, 0.5) is 32.0 Å². The number of rotatable bonds is 8. The summed E-state index contributed by atoms with van der Waals surface area (Å²) in [5, 5.41) is 22.8. The van der Waals surface area contributed by atoms with Gasteiger partial charge in [-0.3, -0.25) is 9.59 Å². The number of ether oxygens (including phenoxy) is 1. The van der Waals surface area contributed by atoms with Crippen LogP contribution in [-0.4, -0.2) is 48.9 Å². The summed E-state index contributed by atoms with van der Waals surface area (Å²) in [6.07, 6.45) is -7.58. The highest BCUT2D eigenvalue weighted by Crippen LogP contribution is 2.52. The number of allylic oxidation sites excluding steroid dienone is 1. The fourth-order valence-corrected chi connectivity index (χ4v) is 7.71. The molecule has 3 aliphatic rings. The van der Waals surface area contributed by atoms with Gasteiger partial charge in [0, 0.05) is 12.5 Å². The minimum atomic E-state index is -5.17. The van der Waals surface area contributed by atoms with Gasteiger partial charge < -0.3 is 19.5 Å². The zero-order valence-corrected chi connectivity index (χ0v) is 27.1. The van der Waals surface area contributed by atoms with Gasteiger partial charge in [0.2, 0.25) is 11.8 Å². The lowest BCUT2D eigenvalue weighted by atomic mass is 9.58. The molecule has 0 saturated carbocycles. The quantitative estimate of drug-likeness (QED) is 0.108. The Morgan fingerprint density at radius 1 is 0.980 bits per heavy atom. The summed E-state index contributed by atoms with van der Waals surface area (Å²) >= 11 is 0. The van der Waals surface area contributed by atoms with E-state index in [4.69, 9.17) is 9.39 Å². The molecule has 2 fully saturated rings. The Kier molecular flexibility index (Phi) is 9.66. The van der Waals surface area contributed by atoms with Gasteiger partial charge in [-0.25, -0.2) is 4.90 Å². The van der Waals surface area contributed by atoms with E-state index in [9.17, 15) is 46.1 Å². The molecule has 4 atom stereocenters. The smallest absolute Gasteiger partial charge is 0.455 e. The van der Waals surface area contributed by atoms with Crippen molar-refractivity contribution in [1.82, 2.24) is 0 Å². The van der Waals surface area contributed by atoms with Crippen molar-refractivity contribution in [2.24, 2.45) is 17.8 Å². The van der Waals surface area contributed by atoms with Crippen molar-refractivity contribution in [2.75, 3.05) is 18.6 Å². The molecule has 0 radical (unpaired) electrons. The summed E-state index contributed by atoms with van der Waals surface area (Å²) in [5.74, 6) is -4.65. The molecule has 0 unspecified atom stereocenters.